The average molecular weight is 375 g/mol. The number of nitro groups is 1. The second kappa shape index (κ2) is 8.29. The van der Waals surface area contributed by atoms with Crippen molar-refractivity contribution in [2.45, 2.75) is 19.9 Å². The minimum atomic E-state index is -0.479. The number of morpholine rings is 1. The second-order valence-corrected chi connectivity index (χ2v) is 7.22. The van der Waals surface area contributed by atoms with E-state index in [-0.39, 0.29) is 11.6 Å². The Balaban J connectivity index is 1.81. The van der Waals surface area contributed by atoms with Gasteiger partial charge in [-0.15, -0.1) is 11.3 Å². The molecule has 7 nitrogen and oxygen atoms in total. The molecule has 1 N–H and O–H groups in total. The van der Waals surface area contributed by atoms with Gasteiger partial charge in [0.25, 0.3) is 11.6 Å². The number of non-ortho nitro benzene ring substituents is 1. The molecule has 3 rings (SSSR count). The Kier molecular flexibility index (Phi) is 5.85. The Labute approximate surface area is 155 Å². The second-order valence-electron chi connectivity index (χ2n) is 5.96. The highest BCUT2D eigenvalue weighted by Gasteiger charge is 2.22. The summed E-state index contributed by atoms with van der Waals surface area (Å²) >= 11 is 1.66. The number of ether oxygens (including phenoxy) is 1. The Hall–Kier alpha value is -2.45. The summed E-state index contributed by atoms with van der Waals surface area (Å²) < 4.78 is 5.35. The van der Waals surface area contributed by atoms with Crippen molar-refractivity contribution in [2.75, 3.05) is 31.2 Å². The first-order chi connectivity index (χ1) is 12.6. The lowest BCUT2D eigenvalue weighted by Crippen LogP contribution is -2.37. The van der Waals surface area contributed by atoms with Gasteiger partial charge in [-0.25, -0.2) is 0 Å². The highest BCUT2D eigenvalue weighted by atomic mass is 32.1. The van der Waals surface area contributed by atoms with E-state index in [1.165, 1.54) is 17.0 Å². The van der Waals surface area contributed by atoms with E-state index < -0.39 is 4.92 Å². The van der Waals surface area contributed by atoms with Crippen LogP contribution in [0.5, 0.6) is 0 Å². The van der Waals surface area contributed by atoms with Crippen LogP contribution in [0.1, 0.15) is 27.0 Å². The fourth-order valence-electron chi connectivity index (χ4n) is 2.87. The van der Waals surface area contributed by atoms with Crippen LogP contribution < -0.4 is 10.2 Å². The van der Waals surface area contributed by atoms with Crippen molar-refractivity contribution in [3.63, 3.8) is 0 Å². The number of benzene rings is 1. The molecule has 0 aliphatic carbocycles. The summed E-state index contributed by atoms with van der Waals surface area (Å²) in [5.74, 6) is -0.304. The maximum Gasteiger partial charge on any atom is 0.270 e. The van der Waals surface area contributed by atoms with Gasteiger partial charge in [-0.1, -0.05) is 6.92 Å². The highest BCUT2D eigenvalue weighted by molar-refractivity contribution is 7.11. The zero-order valence-electron chi connectivity index (χ0n) is 14.6. The summed E-state index contributed by atoms with van der Waals surface area (Å²) in [5.41, 5.74) is 0.946. The van der Waals surface area contributed by atoms with Gasteiger partial charge in [0.15, 0.2) is 0 Å². The third kappa shape index (κ3) is 4.20. The van der Waals surface area contributed by atoms with Crippen molar-refractivity contribution in [1.82, 2.24) is 5.32 Å². The number of carbonyl (C=O) groups is 1. The monoisotopic (exact) mass is 375 g/mol. The maximum absolute atomic E-state index is 12.7. The van der Waals surface area contributed by atoms with Crippen molar-refractivity contribution < 1.29 is 14.5 Å². The number of hydrogen-bond donors (Lipinski definition) is 1. The summed E-state index contributed by atoms with van der Waals surface area (Å²) in [7, 11) is 0. The van der Waals surface area contributed by atoms with Gasteiger partial charge in [0.2, 0.25) is 0 Å². The number of aryl methyl sites for hydroxylation is 1. The summed E-state index contributed by atoms with van der Waals surface area (Å²) in [6, 6.07) is 8.50. The van der Waals surface area contributed by atoms with Crippen LogP contribution in [0.15, 0.2) is 30.3 Å². The lowest BCUT2D eigenvalue weighted by Gasteiger charge is -2.30. The maximum atomic E-state index is 12.7. The molecule has 0 bridgehead atoms. The van der Waals surface area contributed by atoms with Crippen LogP contribution in [0.3, 0.4) is 0 Å². The van der Waals surface area contributed by atoms with Gasteiger partial charge in [-0.3, -0.25) is 14.9 Å². The van der Waals surface area contributed by atoms with E-state index >= 15 is 0 Å². The molecular formula is C18H21N3O4S. The van der Waals surface area contributed by atoms with Crippen molar-refractivity contribution in [2.24, 2.45) is 0 Å². The predicted molar refractivity (Wildman–Crippen MR) is 101 cm³/mol. The average Bonchev–Trinajstić information content (AvgIpc) is 3.14. The number of nitrogens with zero attached hydrogens (tertiary/aromatic N) is 2. The molecule has 8 heteroatoms. The molecule has 26 heavy (non-hydrogen) atoms. The van der Waals surface area contributed by atoms with E-state index in [1.54, 1.807) is 17.4 Å². The number of nitrogens with one attached hydrogen (secondary N) is 1. The van der Waals surface area contributed by atoms with E-state index in [4.69, 9.17) is 4.74 Å². The smallest absolute Gasteiger partial charge is 0.270 e. The van der Waals surface area contributed by atoms with Crippen molar-refractivity contribution in [1.29, 1.82) is 0 Å². The Morgan fingerprint density at radius 1 is 1.27 bits per heavy atom. The quantitative estimate of drug-likeness (QED) is 0.620. The molecule has 1 aromatic heterocycles. The standard InChI is InChI=1S/C18H21N3O4S/c1-2-14-4-5-15(26-14)12-19-18(22)16-11-13(21(23)24)3-6-17(16)20-7-9-25-10-8-20/h3-6,11H,2,7-10,12H2,1H3,(H,19,22). The molecule has 0 atom stereocenters. The van der Waals surface area contributed by atoms with Gasteiger partial charge in [0.05, 0.1) is 35.9 Å². The van der Waals surface area contributed by atoms with Crippen LogP contribution in [0.4, 0.5) is 11.4 Å². The van der Waals surface area contributed by atoms with Crippen molar-refractivity contribution in [3.05, 3.63) is 55.8 Å². The SMILES string of the molecule is CCc1ccc(CNC(=O)c2cc([N+](=O)[O-])ccc2N2CCOCC2)s1. The topological polar surface area (TPSA) is 84.7 Å². The van der Waals surface area contributed by atoms with Gasteiger partial charge < -0.3 is 15.0 Å². The molecule has 1 aliphatic heterocycles. The Morgan fingerprint density at radius 2 is 2.00 bits per heavy atom. The third-order valence-electron chi connectivity index (χ3n) is 4.28. The molecule has 1 fully saturated rings. The number of amides is 1. The van der Waals surface area contributed by atoms with Gasteiger partial charge in [0.1, 0.15) is 0 Å². The molecule has 0 saturated carbocycles. The molecule has 138 valence electrons. The summed E-state index contributed by atoms with van der Waals surface area (Å²) in [5, 5.41) is 14.0. The number of anilines is 1. The third-order valence-corrected chi connectivity index (χ3v) is 5.51. The normalized spacial score (nSPS) is 14.3. The van der Waals surface area contributed by atoms with Gasteiger partial charge in [-0.05, 0) is 24.6 Å². The minimum Gasteiger partial charge on any atom is -0.378 e. The Morgan fingerprint density at radius 3 is 2.65 bits per heavy atom. The van der Waals surface area contributed by atoms with E-state index in [2.05, 4.69) is 18.3 Å². The Bertz CT molecular complexity index is 799. The molecular weight excluding hydrogens is 354 g/mol. The molecule has 2 aromatic rings. The fourth-order valence-corrected chi connectivity index (χ4v) is 3.77. The van der Waals surface area contributed by atoms with Crippen LogP contribution in [0, 0.1) is 10.1 Å². The number of thiophene rings is 1. The van der Waals surface area contributed by atoms with Gasteiger partial charge in [-0.2, -0.15) is 0 Å². The highest BCUT2D eigenvalue weighted by Crippen LogP contribution is 2.26. The molecule has 2 heterocycles. The predicted octanol–water partition coefficient (Wildman–Crippen LogP) is 2.99. The summed E-state index contributed by atoms with van der Waals surface area (Å²) in [6.45, 7) is 4.96. The van der Waals surface area contributed by atoms with E-state index in [1.807, 2.05) is 11.0 Å². The van der Waals surface area contributed by atoms with Crippen molar-refractivity contribution >= 4 is 28.6 Å². The zero-order chi connectivity index (χ0) is 18.5. The lowest BCUT2D eigenvalue weighted by atomic mass is 10.1. The van der Waals surface area contributed by atoms with Crippen LogP contribution >= 0.6 is 11.3 Å². The largest absolute Gasteiger partial charge is 0.378 e. The minimum absolute atomic E-state index is 0.0865. The molecule has 0 spiro atoms. The number of rotatable bonds is 6. The van der Waals surface area contributed by atoms with Crippen LogP contribution in [-0.4, -0.2) is 37.1 Å². The molecule has 0 radical (unpaired) electrons. The molecule has 0 unspecified atom stereocenters. The summed E-state index contributed by atoms with van der Waals surface area (Å²) in [6.07, 6.45) is 0.963. The molecule has 1 saturated heterocycles. The number of hydrogen-bond acceptors (Lipinski definition) is 6. The fraction of sp³-hybridized carbons (Fsp3) is 0.389. The first-order valence-electron chi connectivity index (χ1n) is 8.55. The number of carbonyl (C=O) groups excluding carboxylic acids is 1. The number of nitro benzene ring substituents is 1. The summed E-state index contributed by atoms with van der Waals surface area (Å²) in [4.78, 5) is 27.7. The van der Waals surface area contributed by atoms with Crippen LogP contribution in [0.25, 0.3) is 0 Å². The zero-order valence-corrected chi connectivity index (χ0v) is 15.4. The van der Waals surface area contributed by atoms with E-state index in [0.717, 1.165) is 11.3 Å². The van der Waals surface area contributed by atoms with Crippen molar-refractivity contribution in [3.8, 4) is 0 Å². The van der Waals surface area contributed by atoms with E-state index in [0.29, 0.717) is 44.1 Å². The molecule has 1 amide bonds. The first kappa shape index (κ1) is 18.3. The van der Waals surface area contributed by atoms with Crippen LogP contribution in [0.2, 0.25) is 0 Å². The molecule has 1 aromatic carbocycles. The van der Waals surface area contributed by atoms with Gasteiger partial charge >= 0.3 is 0 Å². The van der Waals surface area contributed by atoms with Crippen LogP contribution in [-0.2, 0) is 17.7 Å². The first-order valence-corrected chi connectivity index (χ1v) is 9.37. The molecule has 1 aliphatic rings. The lowest BCUT2D eigenvalue weighted by molar-refractivity contribution is -0.384. The van der Waals surface area contributed by atoms with E-state index in [9.17, 15) is 14.9 Å². The van der Waals surface area contributed by atoms with Gasteiger partial charge in [0, 0.05) is 35.0 Å².